The Morgan fingerprint density at radius 2 is 1.95 bits per heavy atom. The summed E-state index contributed by atoms with van der Waals surface area (Å²) in [5, 5.41) is 9.62. The Hall–Kier alpha value is -0.530. The lowest BCUT2D eigenvalue weighted by atomic mass is 10.1. The Bertz CT molecular complexity index is 330. The fourth-order valence-electron chi connectivity index (χ4n) is 1.66. The van der Waals surface area contributed by atoms with Gasteiger partial charge >= 0.3 is 0 Å². The molecule has 6 heteroatoms. The molecule has 0 radical (unpaired) electrons. The molecule has 0 aromatic rings. The molecule has 1 aliphatic carbocycles. The van der Waals surface area contributed by atoms with Crippen LogP contribution < -0.4 is 16.0 Å². The largest absolute Gasteiger partial charge is 0.357 e. The van der Waals surface area contributed by atoms with E-state index < -0.39 is 0 Å². The Morgan fingerprint density at radius 3 is 2.48 bits per heavy atom. The number of carbonyl (C=O) groups excluding carboxylic acids is 1. The monoisotopic (exact) mass is 410 g/mol. The number of carbonyl (C=O) groups is 1. The quantitative estimate of drug-likeness (QED) is 0.249. The zero-order chi connectivity index (χ0) is 15.0. The molecule has 21 heavy (non-hydrogen) atoms. The highest BCUT2D eigenvalue weighted by molar-refractivity contribution is 14.0. The predicted octanol–water partition coefficient (Wildman–Crippen LogP) is 2.26. The van der Waals surface area contributed by atoms with Gasteiger partial charge in [-0.1, -0.05) is 13.8 Å². The topological polar surface area (TPSA) is 65.5 Å². The first-order valence-corrected chi connectivity index (χ1v) is 7.87. The number of amides is 1. The molecule has 1 aliphatic rings. The molecule has 0 aliphatic heterocycles. The molecule has 5 nitrogen and oxygen atoms in total. The van der Waals surface area contributed by atoms with Gasteiger partial charge < -0.3 is 16.0 Å². The SMILES string of the molecule is CCNC(=NCCCC(=O)NC1CC1)NC(C)C(C)C.I. The Balaban J connectivity index is 0.00000400. The number of hydrogen-bond donors (Lipinski definition) is 3. The van der Waals surface area contributed by atoms with Crippen molar-refractivity contribution in [1.29, 1.82) is 0 Å². The average Bonchev–Trinajstić information content (AvgIpc) is 3.18. The molecule has 1 saturated carbocycles. The van der Waals surface area contributed by atoms with E-state index in [1.807, 2.05) is 0 Å². The van der Waals surface area contributed by atoms with Gasteiger partial charge in [-0.2, -0.15) is 0 Å². The van der Waals surface area contributed by atoms with Crippen LogP contribution in [0, 0.1) is 5.92 Å². The van der Waals surface area contributed by atoms with Gasteiger partial charge in [-0.3, -0.25) is 9.79 Å². The van der Waals surface area contributed by atoms with Crippen LogP contribution in [0.4, 0.5) is 0 Å². The van der Waals surface area contributed by atoms with Crippen LogP contribution in [0.1, 0.15) is 53.4 Å². The maximum atomic E-state index is 11.5. The summed E-state index contributed by atoms with van der Waals surface area (Å²) < 4.78 is 0. The van der Waals surface area contributed by atoms with Gasteiger partial charge in [-0.05, 0) is 39.0 Å². The second kappa shape index (κ2) is 11.1. The highest BCUT2D eigenvalue weighted by Gasteiger charge is 2.22. The van der Waals surface area contributed by atoms with E-state index in [1.54, 1.807) is 0 Å². The number of aliphatic imine (C=N–C) groups is 1. The fourth-order valence-corrected chi connectivity index (χ4v) is 1.66. The molecule has 1 atom stereocenters. The Kier molecular flexibility index (Phi) is 10.8. The van der Waals surface area contributed by atoms with Gasteiger partial charge in [0.25, 0.3) is 0 Å². The molecule has 1 rings (SSSR count). The molecular formula is C15H31IN4O. The normalized spacial score (nSPS) is 16.1. The minimum absolute atomic E-state index is 0. The number of hydrogen-bond acceptors (Lipinski definition) is 2. The van der Waals surface area contributed by atoms with Gasteiger partial charge in [-0.15, -0.1) is 24.0 Å². The molecule has 3 N–H and O–H groups in total. The van der Waals surface area contributed by atoms with Crippen molar-refractivity contribution in [3.63, 3.8) is 0 Å². The molecular weight excluding hydrogens is 379 g/mol. The minimum Gasteiger partial charge on any atom is -0.357 e. The van der Waals surface area contributed by atoms with E-state index >= 15 is 0 Å². The van der Waals surface area contributed by atoms with E-state index in [0.717, 1.165) is 31.8 Å². The summed E-state index contributed by atoms with van der Waals surface area (Å²) in [6, 6.07) is 0.836. The van der Waals surface area contributed by atoms with Crippen LogP contribution in [-0.4, -0.2) is 37.0 Å². The van der Waals surface area contributed by atoms with E-state index in [-0.39, 0.29) is 29.9 Å². The molecule has 0 aromatic carbocycles. The van der Waals surface area contributed by atoms with Crippen LogP contribution in [0.5, 0.6) is 0 Å². The van der Waals surface area contributed by atoms with E-state index in [4.69, 9.17) is 0 Å². The van der Waals surface area contributed by atoms with Crippen LogP contribution in [0.25, 0.3) is 0 Å². The molecule has 0 spiro atoms. The van der Waals surface area contributed by atoms with Crippen molar-refractivity contribution in [3.8, 4) is 0 Å². The summed E-state index contributed by atoms with van der Waals surface area (Å²) in [5.41, 5.74) is 0. The molecule has 0 bridgehead atoms. The maximum absolute atomic E-state index is 11.5. The second-order valence-electron chi connectivity index (χ2n) is 5.88. The highest BCUT2D eigenvalue weighted by atomic mass is 127. The van der Waals surface area contributed by atoms with E-state index in [1.165, 1.54) is 0 Å². The number of guanidine groups is 1. The number of halogens is 1. The lowest BCUT2D eigenvalue weighted by molar-refractivity contribution is -0.121. The molecule has 1 amide bonds. The molecule has 124 valence electrons. The van der Waals surface area contributed by atoms with Gasteiger partial charge in [-0.25, -0.2) is 0 Å². The summed E-state index contributed by atoms with van der Waals surface area (Å²) >= 11 is 0. The van der Waals surface area contributed by atoms with Crippen molar-refractivity contribution in [2.75, 3.05) is 13.1 Å². The third-order valence-electron chi connectivity index (χ3n) is 3.48. The molecule has 0 heterocycles. The van der Waals surface area contributed by atoms with E-state index in [2.05, 4.69) is 48.6 Å². The van der Waals surface area contributed by atoms with Gasteiger partial charge in [0.15, 0.2) is 5.96 Å². The Labute approximate surface area is 146 Å². The summed E-state index contributed by atoms with van der Waals surface area (Å²) in [5.74, 6) is 1.57. The van der Waals surface area contributed by atoms with E-state index in [9.17, 15) is 4.79 Å². The number of rotatable bonds is 8. The van der Waals surface area contributed by atoms with Crippen LogP contribution in [0.3, 0.4) is 0 Å². The predicted molar refractivity (Wildman–Crippen MR) is 99.2 cm³/mol. The zero-order valence-electron chi connectivity index (χ0n) is 13.7. The van der Waals surface area contributed by atoms with Crippen molar-refractivity contribution >= 4 is 35.8 Å². The van der Waals surface area contributed by atoms with Crippen LogP contribution in [-0.2, 0) is 4.79 Å². The first-order valence-electron chi connectivity index (χ1n) is 7.87. The van der Waals surface area contributed by atoms with Gasteiger partial charge in [0.1, 0.15) is 0 Å². The zero-order valence-corrected chi connectivity index (χ0v) is 16.1. The van der Waals surface area contributed by atoms with Crippen LogP contribution >= 0.6 is 24.0 Å². The smallest absolute Gasteiger partial charge is 0.220 e. The van der Waals surface area contributed by atoms with Crippen molar-refractivity contribution < 1.29 is 4.79 Å². The third kappa shape index (κ3) is 9.92. The van der Waals surface area contributed by atoms with Crippen molar-refractivity contribution in [2.45, 2.75) is 65.5 Å². The fraction of sp³-hybridized carbons (Fsp3) is 0.867. The molecule has 0 aromatic heterocycles. The van der Waals surface area contributed by atoms with Crippen LogP contribution in [0.15, 0.2) is 4.99 Å². The lowest BCUT2D eigenvalue weighted by Crippen LogP contribution is -2.44. The van der Waals surface area contributed by atoms with Gasteiger partial charge in [0, 0.05) is 31.6 Å². The maximum Gasteiger partial charge on any atom is 0.220 e. The third-order valence-corrected chi connectivity index (χ3v) is 3.48. The molecule has 1 unspecified atom stereocenters. The number of nitrogens with zero attached hydrogens (tertiary/aromatic N) is 1. The van der Waals surface area contributed by atoms with Crippen molar-refractivity contribution in [2.24, 2.45) is 10.9 Å². The van der Waals surface area contributed by atoms with Gasteiger partial charge in [0.2, 0.25) is 5.91 Å². The first-order chi connectivity index (χ1) is 9.52. The Morgan fingerprint density at radius 1 is 1.29 bits per heavy atom. The lowest BCUT2D eigenvalue weighted by Gasteiger charge is -2.20. The van der Waals surface area contributed by atoms with Crippen molar-refractivity contribution in [1.82, 2.24) is 16.0 Å². The van der Waals surface area contributed by atoms with Crippen LogP contribution in [0.2, 0.25) is 0 Å². The molecule has 1 fully saturated rings. The first kappa shape index (κ1) is 20.5. The van der Waals surface area contributed by atoms with Gasteiger partial charge in [0.05, 0.1) is 0 Å². The van der Waals surface area contributed by atoms with Crippen molar-refractivity contribution in [3.05, 3.63) is 0 Å². The number of nitrogens with one attached hydrogen (secondary N) is 3. The molecule has 0 saturated heterocycles. The average molecular weight is 410 g/mol. The standard InChI is InChI=1S/C15H30N4O.HI/c1-5-16-15(18-12(4)11(2)3)17-10-6-7-14(20)19-13-8-9-13;/h11-13H,5-10H2,1-4H3,(H,19,20)(H2,16,17,18);1H. The highest BCUT2D eigenvalue weighted by Crippen LogP contribution is 2.18. The summed E-state index contributed by atoms with van der Waals surface area (Å²) in [6.07, 6.45) is 3.65. The second-order valence-corrected chi connectivity index (χ2v) is 5.88. The summed E-state index contributed by atoms with van der Waals surface area (Å²) in [6.45, 7) is 10.1. The summed E-state index contributed by atoms with van der Waals surface area (Å²) in [7, 11) is 0. The van der Waals surface area contributed by atoms with E-state index in [0.29, 0.717) is 31.0 Å². The summed E-state index contributed by atoms with van der Waals surface area (Å²) in [4.78, 5) is 16.1. The minimum atomic E-state index is 0.